The van der Waals surface area contributed by atoms with Crippen molar-refractivity contribution in [2.24, 2.45) is 0 Å². The van der Waals surface area contributed by atoms with E-state index in [2.05, 4.69) is 15.9 Å². The van der Waals surface area contributed by atoms with Crippen LogP contribution in [0, 0.1) is 5.82 Å². The molecule has 17 heavy (non-hydrogen) atoms. The predicted molar refractivity (Wildman–Crippen MR) is 63.8 cm³/mol. The zero-order valence-electron chi connectivity index (χ0n) is 9.30. The second-order valence-electron chi connectivity index (χ2n) is 4.29. The number of carbonyl (C=O) groups is 1. The summed E-state index contributed by atoms with van der Waals surface area (Å²) in [5.74, 6) is -0.906. The molecule has 0 unspecified atom stereocenters. The van der Waals surface area contributed by atoms with Gasteiger partial charge in [-0.15, -0.1) is 0 Å². The molecule has 2 rings (SSSR count). The highest BCUT2D eigenvalue weighted by molar-refractivity contribution is 9.10. The zero-order chi connectivity index (χ0) is 12.6. The van der Waals surface area contributed by atoms with E-state index in [1.165, 1.54) is 7.11 Å². The van der Waals surface area contributed by atoms with Gasteiger partial charge in [-0.2, -0.15) is 0 Å². The van der Waals surface area contributed by atoms with Crippen LogP contribution in [0.5, 0.6) is 5.75 Å². The minimum absolute atomic E-state index is 0.0588. The Morgan fingerprint density at radius 3 is 2.71 bits per heavy atom. The Balaban J connectivity index is 2.50. The van der Waals surface area contributed by atoms with Crippen LogP contribution >= 0.6 is 15.9 Å². The Labute approximate surface area is 107 Å². The van der Waals surface area contributed by atoms with Gasteiger partial charge in [-0.25, -0.2) is 4.39 Å². The molecule has 0 amide bonds. The van der Waals surface area contributed by atoms with Gasteiger partial charge in [-0.05, 0) is 40.9 Å². The Morgan fingerprint density at radius 2 is 2.24 bits per heavy atom. The van der Waals surface area contributed by atoms with Gasteiger partial charge >= 0.3 is 5.97 Å². The average Bonchev–Trinajstić information content (AvgIpc) is 3.01. The summed E-state index contributed by atoms with van der Waals surface area (Å²) in [6, 6.07) is 3.22. The first-order chi connectivity index (χ1) is 8.00. The van der Waals surface area contributed by atoms with E-state index < -0.39 is 17.2 Å². The number of methoxy groups -OCH3 is 1. The Kier molecular flexibility index (Phi) is 3.12. The summed E-state index contributed by atoms with van der Waals surface area (Å²) in [4.78, 5) is 10.8. The van der Waals surface area contributed by atoms with Gasteiger partial charge in [0.25, 0.3) is 0 Å². The number of ether oxygens (including phenoxy) is 1. The molecular weight excluding hydrogens is 291 g/mol. The maximum atomic E-state index is 14.1. The van der Waals surface area contributed by atoms with E-state index in [4.69, 9.17) is 9.84 Å². The molecule has 0 aromatic heterocycles. The lowest BCUT2D eigenvalue weighted by atomic mass is 9.91. The molecule has 0 saturated heterocycles. The molecule has 1 aliphatic carbocycles. The fourth-order valence-electron chi connectivity index (χ4n) is 2.15. The van der Waals surface area contributed by atoms with Gasteiger partial charge in [-0.3, -0.25) is 4.79 Å². The van der Waals surface area contributed by atoms with Crippen molar-refractivity contribution in [3.05, 3.63) is 28.0 Å². The number of halogens is 2. The van der Waals surface area contributed by atoms with Crippen LogP contribution in [0.3, 0.4) is 0 Å². The van der Waals surface area contributed by atoms with Gasteiger partial charge in [0, 0.05) is 11.0 Å². The number of aliphatic carboxylic acids is 1. The maximum Gasteiger partial charge on any atom is 0.304 e. The third kappa shape index (κ3) is 2.16. The molecule has 92 valence electrons. The van der Waals surface area contributed by atoms with Crippen LogP contribution in [0.15, 0.2) is 16.6 Å². The van der Waals surface area contributed by atoms with E-state index >= 15 is 0 Å². The lowest BCUT2D eigenvalue weighted by Crippen LogP contribution is -2.16. The average molecular weight is 303 g/mol. The smallest absolute Gasteiger partial charge is 0.304 e. The first-order valence-electron chi connectivity index (χ1n) is 5.24. The fraction of sp³-hybridized carbons (Fsp3) is 0.417. The van der Waals surface area contributed by atoms with E-state index in [0.29, 0.717) is 28.6 Å². The van der Waals surface area contributed by atoms with Crippen molar-refractivity contribution in [3.63, 3.8) is 0 Å². The van der Waals surface area contributed by atoms with Crippen molar-refractivity contribution < 1.29 is 19.0 Å². The monoisotopic (exact) mass is 302 g/mol. The van der Waals surface area contributed by atoms with Gasteiger partial charge in [0.1, 0.15) is 11.6 Å². The molecule has 1 N–H and O–H groups in total. The van der Waals surface area contributed by atoms with Crippen molar-refractivity contribution in [2.75, 3.05) is 7.11 Å². The first kappa shape index (κ1) is 12.4. The molecule has 5 heteroatoms. The molecule has 1 aromatic rings. The zero-order valence-corrected chi connectivity index (χ0v) is 10.9. The van der Waals surface area contributed by atoms with Crippen molar-refractivity contribution >= 4 is 21.9 Å². The predicted octanol–water partition coefficient (Wildman–Crippen LogP) is 3.10. The summed E-state index contributed by atoms with van der Waals surface area (Å²) < 4.78 is 19.6. The van der Waals surface area contributed by atoms with Gasteiger partial charge in [0.05, 0.1) is 18.0 Å². The maximum absolute atomic E-state index is 14.1. The molecule has 3 nitrogen and oxygen atoms in total. The number of benzene rings is 1. The van der Waals surface area contributed by atoms with Crippen LogP contribution in [0.2, 0.25) is 0 Å². The van der Waals surface area contributed by atoms with E-state index in [1.807, 2.05) is 0 Å². The summed E-state index contributed by atoms with van der Waals surface area (Å²) in [7, 11) is 1.46. The number of hydrogen-bond acceptors (Lipinski definition) is 2. The molecule has 1 aliphatic rings. The second kappa shape index (κ2) is 4.29. The topological polar surface area (TPSA) is 46.5 Å². The van der Waals surface area contributed by atoms with Gasteiger partial charge < -0.3 is 9.84 Å². The summed E-state index contributed by atoms with van der Waals surface area (Å²) in [6.45, 7) is 0. The summed E-state index contributed by atoms with van der Waals surface area (Å²) in [5.41, 5.74) is -0.206. The highest BCUT2D eigenvalue weighted by atomic mass is 79.9. The van der Waals surface area contributed by atoms with Crippen LogP contribution < -0.4 is 4.74 Å². The van der Waals surface area contributed by atoms with Crippen LogP contribution in [0.4, 0.5) is 4.39 Å². The van der Waals surface area contributed by atoms with Gasteiger partial charge in [-0.1, -0.05) is 0 Å². The summed E-state index contributed by atoms with van der Waals surface area (Å²) in [6.07, 6.45) is 1.31. The number of carboxylic acid groups (broad SMARTS) is 1. The van der Waals surface area contributed by atoms with Crippen LogP contribution in [0.25, 0.3) is 0 Å². The lowest BCUT2D eigenvalue weighted by Gasteiger charge is -2.18. The number of rotatable bonds is 4. The van der Waals surface area contributed by atoms with Gasteiger partial charge in [0.2, 0.25) is 0 Å². The van der Waals surface area contributed by atoms with E-state index in [0.717, 1.165) is 0 Å². The standard InChI is InChI=1S/C12H12BrFO3/c1-17-8-3-2-7(13)11(14)10(8)12(4-5-12)6-9(15)16/h2-3H,4-6H2,1H3,(H,15,16). The largest absolute Gasteiger partial charge is 0.496 e. The Hall–Kier alpha value is -1.10. The Morgan fingerprint density at radius 1 is 1.59 bits per heavy atom. The molecule has 1 aromatic carbocycles. The minimum Gasteiger partial charge on any atom is -0.496 e. The SMILES string of the molecule is COc1ccc(Br)c(F)c1C1(CC(=O)O)CC1. The van der Waals surface area contributed by atoms with Crippen LogP contribution in [-0.2, 0) is 10.2 Å². The highest BCUT2D eigenvalue weighted by Crippen LogP contribution is 2.55. The summed E-state index contributed by atoms with van der Waals surface area (Å²) in [5, 5.41) is 8.90. The highest BCUT2D eigenvalue weighted by Gasteiger charge is 2.49. The molecule has 0 radical (unpaired) electrons. The van der Waals surface area contributed by atoms with Crippen molar-refractivity contribution in [1.82, 2.24) is 0 Å². The van der Waals surface area contributed by atoms with Crippen LogP contribution in [0.1, 0.15) is 24.8 Å². The fourth-order valence-corrected chi connectivity index (χ4v) is 2.48. The van der Waals surface area contributed by atoms with E-state index in [9.17, 15) is 9.18 Å². The van der Waals surface area contributed by atoms with Crippen molar-refractivity contribution in [1.29, 1.82) is 0 Å². The second-order valence-corrected chi connectivity index (χ2v) is 5.14. The summed E-state index contributed by atoms with van der Waals surface area (Å²) >= 11 is 3.12. The number of hydrogen-bond donors (Lipinski definition) is 1. The quantitative estimate of drug-likeness (QED) is 0.929. The molecule has 0 heterocycles. The van der Waals surface area contributed by atoms with Crippen molar-refractivity contribution in [3.8, 4) is 5.75 Å². The van der Waals surface area contributed by atoms with E-state index in [-0.39, 0.29) is 6.42 Å². The molecule has 0 spiro atoms. The lowest BCUT2D eigenvalue weighted by molar-refractivity contribution is -0.137. The third-order valence-corrected chi connectivity index (χ3v) is 3.76. The molecule has 1 fully saturated rings. The van der Waals surface area contributed by atoms with Crippen molar-refractivity contribution in [2.45, 2.75) is 24.7 Å². The molecule has 1 saturated carbocycles. The normalized spacial score (nSPS) is 16.6. The first-order valence-corrected chi connectivity index (χ1v) is 6.04. The number of carboxylic acids is 1. The van der Waals surface area contributed by atoms with Crippen LogP contribution in [-0.4, -0.2) is 18.2 Å². The molecule has 0 bridgehead atoms. The minimum atomic E-state index is -0.913. The van der Waals surface area contributed by atoms with E-state index in [1.54, 1.807) is 12.1 Å². The third-order valence-electron chi connectivity index (χ3n) is 3.15. The molecular formula is C12H12BrFO3. The molecule has 0 aliphatic heterocycles. The van der Waals surface area contributed by atoms with Gasteiger partial charge in [0.15, 0.2) is 0 Å². The molecule has 0 atom stereocenters. The Bertz CT molecular complexity index is 469.